The van der Waals surface area contributed by atoms with E-state index in [1.807, 2.05) is 17.9 Å². The van der Waals surface area contributed by atoms with Crippen LogP contribution in [0.25, 0.3) is 20.7 Å². The number of thiophene rings is 1. The van der Waals surface area contributed by atoms with Crippen molar-refractivity contribution in [3.63, 3.8) is 0 Å². The van der Waals surface area contributed by atoms with Gasteiger partial charge in [-0.15, -0.1) is 11.3 Å². The van der Waals surface area contributed by atoms with Crippen LogP contribution in [-0.2, 0) is 4.79 Å². The molecule has 0 spiro atoms. The van der Waals surface area contributed by atoms with E-state index in [0.29, 0.717) is 0 Å². The number of hydrogen-bond acceptors (Lipinski definition) is 5. The van der Waals surface area contributed by atoms with E-state index >= 15 is 0 Å². The summed E-state index contributed by atoms with van der Waals surface area (Å²) in [5.74, 6) is -0.0743. The van der Waals surface area contributed by atoms with E-state index in [-0.39, 0.29) is 17.0 Å². The van der Waals surface area contributed by atoms with Crippen molar-refractivity contribution in [2.24, 2.45) is 0 Å². The first-order chi connectivity index (χ1) is 12.6. The van der Waals surface area contributed by atoms with Crippen LogP contribution in [0.1, 0.15) is 19.8 Å². The van der Waals surface area contributed by atoms with E-state index < -0.39 is 0 Å². The number of thioether (sulfide) groups is 1. The Hall–Kier alpha value is -1.99. The van der Waals surface area contributed by atoms with Gasteiger partial charge in [0.05, 0.1) is 15.5 Å². The highest BCUT2D eigenvalue weighted by atomic mass is 32.2. The van der Waals surface area contributed by atoms with Gasteiger partial charge in [-0.1, -0.05) is 23.9 Å². The van der Waals surface area contributed by atoms with E-state index in [1.165, 1.54) is 23.9 Å². The van der Waals surface area contributed by atoms with Crippen molar-refractivity contribution >= 4 is 39.2 Å². The summed E-state index contributed by atoms with van der Waals surface area (Å²) < 4.78 is 14.1. The molecule has 4 rings (SSSR count). The molecule has 0 saturated carbocycles. The van der Waals surface area contributed by atoms with Crippen LogP contribution in [0.3, 0.4) is 0 Å². The lowest BCUT2D eigenvalue weighted by molar-refractivity contribution is -0.129. The quantitative estimate of drug-likeness (QED) is 0.485. The molecular weight excluding hydrogens is 369 g/mol. The third-order valence-corrected chi connectivity index (χ3v) is 6.86. The third-order valence-electron chi connectivity index (χ3n) is 4.46. The molecule has 3 heterocycles. The van der Waals surface area contributed by atoms with Gasteiger partial charge in [-0.3, -0.25) is 4.79 Å². The van der Waals surface area contributed by atoms with Crippen molar-refractivity contribution in [2.45, 2.75) is 30.0 Å². The van der Waals surface area contributed by atoms with E-state index in [9.17, 15) is 9.18 Å². The lowest BCUT2D eigenvalue weighted by Crippen LogP contribution is -2.34. The Morgan fingerprint density at radius 1 is 1.23 bits per heavy atom. The van der Waals surface area contributed by atoms with Gasteiger partial charge < -0.3 is 4.90 Å². The Balaban J connectivity index is 1.61. The molecule has 7 heteroatoms. The average Bonchev–Trinajstić information content (AvgIpc) is 3.32. The lowest BCUT2D eigenvalue weighted by atomic mass is 10.2. The number of rotatable bonds is 4. The summed E-state index contributed by atoms with van der Waals surface area (Å²) in [5, 5.41) is 0.649. The fourth-order valence-corrected chi connectivity index (χ4v) is 5.26. The van der Waals surface area contributed by atoms with Crippen LogP contribution in [-0.4, -0.2) is 39.1 Å². The molecule has 0 bridgehead atoms. The second-order valence-corrected chi connectivity index (χ2v) is 8.68. The van der Waals surface area contributed by atoms with Gasteiger partial charge in [0.15, 0.2) is 0 Å². The largest absolute Gasteiger partial charge is 0.342 e. The Labute approximate surface area is 159 Å². The maximum atomic E-state index is 13.2. The van der Waals surface area contributed by atoms with Crippen LogP contribution in [0.2, 0.25) is 0 Å². The first-order valence-corrected chi connectivity index (χ1v) is 10.3. The Morgan fingerprint density at radius 2 is 1.96 bits per heavy atom. The zero-order valence-corrected chi connectivity index (χ0v) is 15.9. The van der Waals surface area contributed by atoms with Crippen molar-refractivity contribution in [2.75, 3.05) is 13.1 Å². The summed E-state index contributed by atoms with van der Waals surface area (Å²) in [6.45, 7) is 3.65. The summed E-state index contributed by atoms with van der Waals surface area (Å²) >= 11 is 3.06. The Kier molecular flexibility index (Phi) is 4.91. The second-order valence-electron chi connectivity index (χ2n) is 6.30. The molecule has 0 aliphatic carbocycles. The SMILES string of the molecule is C[C@H](Sc1ncnc2cc(-c3ccc(F)cc3)sc12)C(=O)N1CCCC1. The van der Waals surface area contributed by atoms with E-state index in [4.69, 9.17) is 0 Å². The van der Waals surface area contributed by atoms with Gasteiger partial charge in [0, 0.05) is 18.0 Å². The van der Waals surface area contributed by atoms with Crippen LogP contribution < -0.4 is 0 Å². The number of hydrogen-bond donors (Lipinski definition) is 0. The maximum Gasteiger partial charge on any atom is 0.235 e. The van der Waals surface area contributed by atoms with Crippen LogP contribution in [0, 0.1) is 5.82 Å². The Bertz CT molecular complexity index is 936. The molecule has 0 N–H and O–H groups in total. The molecule has 3 aromatic rings. The normalized spacial score (nSPS) is 15.5. The predicted molar refractivity (Wildman–Crippen MR) is 104 cm³/mol. The molecule has 4 nitrogen and oxygen atoms in total. The summed E-state index contributed by atoms with van der Waals surface area (Å²) in [4.78, 5) is 24.3. The number of carbonyl (C=O) groups is 1. The molecule has 1 saturated heterocycles. The van der Waals surface area contributed by atoms with Crippen molar-refractivity contribution < 1.29 is 9.18 Å². The van der Waals surface area contributed by atoms with Gasteiger partial charge in [0.25, 0.3) is 0 Å². The number of halogens is 1. The molecule has 1 amide bonds. The van der Waals surface area contributed by atoms with Crippen LogP contribution >= 0.6 is 23.1 Å². The van der Waals surface area contributed by atoms with Crippen LogP contribution in [0.4, 0.5) is 4.39 Å². The molecule has 1 fully saturated rings. The summed E-state index contributed by atoms with van der Waals surface area (Å²) in [6, 6.07) is 8.43. The van der Waals surface area contributed by atoms with Gasteiger partial charge in [0.1, 0.15) is 17.2 Å². The number of likely N-dealkylation sites (tertiary alicyclic amines) is 1. The van der Waals surface area contributed by atoms with Gasteiger partial charge >= 0.3 is 0 Å². The molecular formula is C19H18FN3OS2. The highest BCUT2D eigenvalue weighted by Crippen LogP contribution is 2.38. The van der Waals surface area contributed by atoms with Crippen molar-refractivity contribution in [1.82, 2.24) is 14.9 Å². The highest BCUT2D eigenvalue weighted by molar-refractivity contribution is 8.00. The minimum Gasteiger partial charge on any atom is -0.342 e. The predicted octanol–water partition coefficient (Wildman–Crippen LogP) is 4.60. The number of benzene rings is 1. The topological polar surface area (TPSA) is 46.1 Å². The number of carbonyl (C=O) groups excluding carboxylic acids is 1. The second kappa shape index (κ2) is 7.32. The number of fused-ring (bicyclic) bond motifs is 1. The van der Waals surface area contributed by atoms with Gasteiger partial charge in [-0.2, -0.15) is 0 Å². The third kappa shape index (κ3) is 3.46. The van der Waals surface area contributed by atoms with Gasteiger partial charge in [-0.05, 0) is 43.5 Å². The van der Waals surface area contributed by atoms with E-state index in [2.05, 4.69) is 9.97 Å². The first-order valence-electron chi connectivity index (χ1n) is 8.58. The molecule has 1 aromatic carbocycles. The fraction of sp³-hybridized carbons (Fsp3) is 0.316. The molecule has 2 aromatic heterocycles. The first kappa shape index (κ1) is 17.4. The van der Waals surface area contributed by atoms with E-state index in [0.717, 1.165) is 51.6 Å². The summed E-state index contributed by atoms with van der Waals surface area (Å²) in [5.41, 5.74) is 1.80. The lowest BCUT2D eigenvalue weighted by Gasteiger charge is -2.19. The minimum absolute atomic E-state index is 0.176. The minimum atomic E-state index is -0.250. The van der Waals surface area contributed by atoms with Crippen LogP contribution in [0.15, 0.2) is 41.7 Å². The van der Waals surface area contributed by atoms with Gasteiger partial charge in [-0.25, -0.2) is 14.4 Å². The summed E-state index contributed by atoms with van der Waals surface area (Å²) in [6.07, 6.45) is 3.72. The van der Waals surface area contributed by atoms with Gasteiger partial charge in [0.2, 0.25) is 5.91 Å². The molecule has 0 radical (unpaired) electrons. The molecule has 1 aliphatic rings. The monoisotopic (exact) mass is 387 g/mol. The van der Waals surface area contributed by atoms with Crippen molar-refractivity contribution in [3.8, 4) is 10.4 Å². The molecule has 26 heavy (non-hydrogen) atoms. The van der Waals surface area contributed by atoms with E-state index in [1.54, 1.807) is 29.8 Å². The molecule has 134 valence electrons. The zero-order chi connectivity index (χ0) is 18.1. The van der Waals surface area contributed by atoms with Crippen molar-refractivity contribution in [3.05, 3.63) is 42.5 Å². The number of amides is 1. The van der Waals surface area contributed by atoms with Crippen LogP contribution in [0.5, 0.6) is 0 Å². The standard InChI is InChI=1S/C19H18FN3OS2/c1-12(19(24)23-8-2-3-9-23)25-18-17-15(21-11-22-18)10-16(26-17)13-4-6-14(20)7-5-13/h4-7,10-12H,2-3,8-9H2,1H3/t12-/m0/s1. The highest BCUT2D eigenvalue weighted by Gasteiger charge is 2.25. The number of nitrogens with zero attached hydrogens (tertiary/aromatic N) is 3. The average molecular weight is 388 g/mol. The maximum absolute atomic E-state index is 13.2. The number of aromatic nitrogens is 2. The summed E-state index contributed by atoms with van der Waals surface area (Å²) in [7, 11) is 0. The smallest absolute Gasteiger partial charge is 0.235 e. The zero-order valence-electron chi connectivity index (χ0n) is 14.3. The fourth-order valence-electron chi connectivity index (χ4n) is 3.09. The molecule has 0 unspecified atom stereocenters. The van der Waals surface area contributed by atoms with Crippen molar-refractivity contribution in [1.29, 1.82) is 0 Å². The molecule has 1 aliphatic heterocycles. The Morgan fingerprint density at radius 3 is 2.69 bits per heavy atom. The molecule has 1 atom stereocenters.